The fraction of sp³-hybridized carbons (Fsp3) is 0.275. The molecule has 3 nitrogen and oxygen atoms in total. The quantitative estimate of drug-likeness (QED) is 0.0398. The van der Waals surface area contributed by atoms with Crippen molar-refractivity contribution in [1.29, 1.82) is 0 Å². The van der Waals surface area contributed by atoms with Gasteiger partial charge < -0.3 is 5.32 Å². The van der Waals surface area contributed by atoms with Crippen LogP contribution in [-0.4, -0.2) is 56.3 Å². The SMILES string of the molecule is BCCCCCCCN(CCSC(c1ccccc1)(c1ccccc1)c1ccccc1)CC(=O)NCCSC(c1ccccc1)(c1ccccc1)c1ccccc1. The summed E-state index contributed by atoms with van der Waals surface area (Å²) in [6.45, 7) is 2.74. The highest BCUT2D eigenvalue weighted by Gasteiger charge is 2.38. The van der Waals surface area contributed by atoms with E-state index in [0.717, 1.165) is 31.0 Å². The summed E-state index contributed by atoms with van der Waals surface area (Å²) in [7, 11) is 2.27. The highest BCUT2D eigenvalue weighted by atomic mass is 32.2. The average Bonchev–Trinajstić information content (AvgIpc) is 3.28. The van der Waals surface area contributed by atoms with Crippen molar-refractivity contribution >= 4 is 37.3 Å². The molecule has 0 saturated heterocycles. The van der Waals surface area contributed by atoms with Crippen molar-refractivity contribution in [2.45, 2.75) is 47.9 Å². The zero-order chi connectivity index (χ0) is 39.4. The van der Waals surface area contributed by atoms with E-state index in [2.05, 4.69) is 200 Å². The second kappa shape index (κ2) is 22.5. The summed E-state index contributed by atoms with van der Waals surface area (Å²) in [6, 6.07) is 65.1. The van der Waals surface area contributed by atoms with Crippen LogP contribution in [0.2, 0.25) is 6.32 Å². The van der Waals surface area contributed by atoms with Gasteiger partial charge in [-0.2, -0.15) is 0 Å². The largest absolute Gasteiger partial charge is 0.354 e. The van der Waals surface area contributed by atoms with Gasteiger partial charge in [0.2, 0.25) is 5.91 Å². The predicted octanol–water partition coefficient (Wildman–Crippen LogP) is 10.9. The normalized spacial score (nSPS) is 11.7. The van der Waals surface area contributed by atoms with E-state index in [4.69, 9.17) is 0 Å². The van der Waals surface area contributed by atoms with Crippen LogP contribution in [0.4, 0.5) is 0 Å². The molecule has 0 radical (unpaired) electrons. The molecular weight excluding hydrogens is 732 g/mol. The predicted molar refractivity (Wildman–Crippen MR) is 249 cm³/mol. The Morgan fingerprint density at radius 2 is 0.789 bits per heavy atom. The lowest BCUT2D eigenvalue weighted by Crippen LogP contribution is -2.40. The highest BCUT2D eigenvalue weighted by Crippen LogP contribution is 2.49. The van der Waals surface area contributed by atoms with Crippen molar-refractivity contribution in [1.82, 2.24) is 10.2 Å². The number of rotatable bonds is 23. The standard InChI is InChI=1S/C51H57BN2OS2/c52-36-22-2-1-3-23-38-54(39-41-57-51(46-30-16-7-17-31-46,47-32-18-8-19-33-47)48-34-20-9-21-35-48)42-49(55)53-37-40-56-50(43-24-10-4-11-25-43,44-26-12-5-13-27-44)45-28-14-6-15-29-45/h4-21,24-35H,1-3,22-23,36-42,52H2,(H,53,55). The third kappa shape index (κ3) is 11.1. The van der Waals surface area contributed by atoms with Crippen LogP contribution < -0.4 is 5.32 Å². The van der Waals surface area contributed by atoms with E-state index in [1.807, 2.05) is 23.5 Å². The fourth-order valence-electron chi connectivity index (χ4n) is 7.90. The maximum Gasteiger partial charge on any atom is 0.234 e. The van der Waals surface area contributed by atoms with E-state index >= 15 is 0 Å². The third-order valence-electron chi connectivity index (χ3n) is 10.7. The van der Waals surface area contributed by atoms with E-state index in [1.54, 1.807) is 0 Å². The minimum absolute atomic E-state index is 0.0942. The number of hydrogen-bond acceptors (Lipinski definition) is 4. The molecule has 0 atom stereocenters. The zero-order valence-corrected chi connectivity index (χ0v) is 35.1. The first-order chi connectivity index (χ1) is 28.2. The zero-order valence-electron chi connectivity index (χ0n) is 33.5. The first kappa shape index (κ1) is 42.1. The van der Waals surface area contributed by atoms with Crippen molar-refractivity contribution in [3.8, 4) is 0 Å². The lowest BCUT2D eigenvalue weighted by molar-refractivity contribution is -0.122. The summed E-state index contributed by atoms with van der Waals surface area (Å²) >= 11 is 3.87. The molecule has 6 aromatic carbocycles. The molecule has 0 heterocycles. The Morgan fingerprint density at radius 3 is 1.16 bits per heavy atom. The molecule has 0 spiro atoms. The summed E-state index contributed by atoms with van der Waals surface area (Å²) in [4.78, 5) is 16.2. The molecular formula is C51H57BN2OS2. The van der Waals surface area contributed by atoms with E-state index in [9.17, 15) is 4.79 Å². The Balaban J connectivity index is 1.16. The molecule has 0 aromatic heterocycles. The molecule has 0 saturated carbocycles. The second-order valence-electron chi connectivity index (χ2n) is 14.6. The Labute approximate surface area is 351 Å². The summed E-state index contributed by atoms with van der Waals surface area (Å²) in [5.41, 5.74) is 7.50. The molecule has 0 bridgehead atoms. The van der Waals surface area contributed by atoms with Gasteiger partial charge in [-0.3, -0.25) is 9.69 Å². The van der Waals surface area contributed by atoms with Gasteiger partial charge in [0, 0.05) is 24.6 Å². The first-order valence-electron chi connectivity index (χ1n) is 20.8. The lowest BCUT2D eigenvalue weighted by atomic mass is 9.84. The fourth-order valence-corrected chi connectivity index (χ4v) is 10.9. The Hall–Kier alpha value is -4.49. The van der Waals surface area contributed by atoms with E-state index in [0.29, 0.717) is 13.1 Å². The van der Waals surface area contributed by atoms with Gasteiger partial charge in [-0.05, 0) is 46.3 Å². The number of carbonyl (C=O) groups excluding carboxylic acids is 1. The van der Waals surface area contributed by atoms with Crippen LogP contribution in [-0.2, 0) is 14.3 Å². The van der Waals surface area contributed by atoms with Crippen LogP contribution in [0.3, 0.4) is 0 Å². The topological polar surface area (TPSA) is 32.3 Å². The molecule has 6 rings (SSSR count). The molecule has 0 aliphatic rings. The van der Waals surface area contributed by atoms with Gasteiger partial charge in [0.05, 0.1) is 16.0 Å². The monoisotopic (exact) mass is 788 g/mol. The van der Waals surface area contributed by atoms with Crippen LogP contribution in [0.1, 0.15) is 65.5 Å². The maximum atomic E-state index is 13.8. The number of unbranched alkanes of at least 4 members (excludes halogenated alkanes) is 4. The van der Waals surface area contributed by atoms with Crippen LogP contribution in [0.15, 0.2) is 182 Å². The van der Waals surface area contributed by atoms with Gasteiger partial charge in [-0.15, -0.1) is 23.5 Å². The average molecular weight is 789 g/mol. The van der Waals surface area contributed by atoms with Gasteiger partial charge in [0.1, 0.15) is 7.85 Å². The molecule has 0 fully saturated rings. The molecule has 57 heavy (non-hydrogen) atoms. The summed E-state index contributed by atoms with van der Waals surface area (Å²) in [5, 5.41) is 3.33. The summed E-state index contributed by atoms with van der Waals surface area (Å²) in [6.07, 6.45) is 7.38. The molecule has 292 valence electrons. The Morgan fingerprint density at radius 1 is 0.456 bits per heavy atom. The molecule has 6 aromatic rings. The molecule has 1 N–H and O–H groups in total. The van der Waals surface area contributed by atoms with Crippen molar-refractivity contribution in [3.63, 3.8) is 0 Å². The van der Waals surface area contributed by atoms with Crippen molar-refractivity contribution < 1.29 is 4.79 Å². The highest BCUT2D eigenvalue weighted by molar-refractivity contribution is 8.00. The van der Waals surface area contributed by atoms with E-state index in [1.165, 1.54) is 65.4 Å². The first-order valence-corrected chi connectivity index (χ1v) is 22.7. The van der Waals surface area contributed by atoms with Crippen molar-refractivity contribution in [3.05, 3.63) is 215 Å². The molecule has 1 amide bonds. The van der Waals surface area contributed by atoms with Crippen LogP contribution in [0.25, 0.3) is 0 Å². The minimum atomic E-state index is -0.404. The molecule has 6 heteroatoms. The third-order valence-corrected chi connectivity index (χ3v) is 13.8. The number of nitrogens with one attached hydrogen (secondary N) is 1. The van der Waals surface area contributed by atoms with Gasteiger partial charge in [-0.1, -0.05) is 214 Å². The van der Waals surface area contributed by atoms with E-state index < -0.39 is 4.75 Å². The van der Waals surface area contributed by atoms with Gasteiger partial charge in [0.25, 0.3) is 0 Å². The number of hydrogen-bond donors (Lipinski definition) is 1. The summed E-state index contributed by atoms with van der Waals surface area (Å²) in [5.74, 6) is 1.74. The second-order valence-corrected chi connectivity index (χ2v) is 17.3. The Bertz CT molecular complexity index is 1810. The number of benzene rings is 6. The van der Waals surface area contributed by atoms with Gasteiger partial charge in [0.15, 0.2) is 0 Å². The Kier molecular flexibility index (Phi) is 16.6. The number of amides is 1. The van der Waals surface area contributed by atoms with Crippen molar-refractivity contribution in [2.75, 3.05) is 37.7 Å². The molecule has 0 aliphatic carbocycles. The minimum Gasteiger partial charge on any atom is -0.354 e. The number of nitrogens with zero attached hydrogens (tertiary/aromatic N) is 1. The molecule has 0 unspecified atom stereocenters. The van der Waals surface area contributed by atoms with Crippen LogP contribution >= 0.6 is 23.5 Å². The van der Waals surface area contributed by atoms with Crippen LogP contribution in [0.5, 0.6) is 0 Å². The maximum absolute atomic E-state index is 13.8. The lowest BCUT2D eigenvalue weighted by Gasteiger charge is -2.36. The molecule has 0 aliphatic heterocycles. The number of carbonyl (C=O) groups is 1. The summed E-state index contributed by atoms with van der Waals surface area (Å²) < 4.78 is -0.782. The van der Waals surface area contributed by atoms with Gasteiger partial charge >= 0.3 is 0 Å². The number of thioether (sulfide) groups is 2. The van der Waals surface area contributed by atoms with Crippen LogP contribution in [0, 0.1) is 0 Å². The van der Waals surface area contributed by atoms with Crippen molar-refractivity contribution in [2.24, 2.45) is 0 Å². The van der Waals surface area contributed by atoms with Gasteiger partial charge in [-0.25, -0.2) is 0 Å². The van der Waals surface area contributed by atoms with E-state index in [-0.39, 0.29) is 10.7 Å². The smallest absolute Gasteiger partial charge is 0.234 e.